The molecule has 0 atom stereocenters. The van der Waals surface area contributed by atoms with Gasteiger partial charge in [0.05, 0.1) is 17.2 Å². The smallest absolute Gasteiger partial charge is 0.335 e. The molecule has 0 aliphatic carbocycles. The van der Waals surface area contributed by atoms with Gasteiger partial charge in [-0.25, -0.2) is 9.78 Å². The van der Waals surface area contributed by atoms with Crippen LogP contribution in [-0.2, 0) is 0 Å². The van der Waals surface area contributed by atoms with Gasteiger partial charge in [-0.05, 0) is 36.8 Å². The Morgan fingerprint density at radius 1 is 1.30 bits per heavy atom. The van der Waals surface area contributed by atoms with Crippen molar-refractivity contribution >= 4 is 16.9 Å². The van der Waals surface area contributed by atoms with Crippen molar-refractivity contribution in [2.45, 2.75) is 6.92 Å². The summed E-state index contributed by atoms with van der Waals surface area (Å²) in [6.07, 6.45) is 3.14. The summed E-state index contributed by atoms with van der Waals surface area (Å²) in [5.41, 5.74) is 1.67. The van der Waals surface area contributed by atoms with Gasteiger partial charge in [-0.1, -0.05) is 6.07 Å². The van der Waals surface area contributed by atoms with Crippen LogP contribution < -0.4 is 4.74 Å². The topological polar surface area (TPSA) is 72.6 Å². The molecule has 0 bridgehead atoms. The Morgan fingerprint density at radius 3 is 2.95 bits per heavy atom. The fraction of sp³-hybridized carbons (Fsp3) is 0.0667. The molecule has 0 aliphatic rings. The molecule has 1 N–H and O–H groups in total. The first-order valence-corrected chi connectivity index (χ1v) is 5.99. The fourth-order valence-electron chi connectivity index (χ4n) is 1.90. The van der Waals surface area contributed by atoms with Gasteiger partial charge in [0, 0.05) is 6.20 Å². The molecule has 3 rings (SSSR count). The van der Waals surface area contributed by atoms with Gasteiger partial charge in [0.2, 0.25) is 5.88 Å². The summed E-state index contributed by atoms with van der Waals surface area (Å²) in [4.78, 5) is 15.2. The van der Waals surface area contributed by atoms with Gasteiger partial charge in [-0.15, -0.1) is 0 Å². The molecule has 0 radical (unpaired) electrons. The summed E-state index contributed by atoms with van der Waals surface area (Å²) < 4.78 is 11.0. The molecule has 0 unspecified atom stereocenters. The number of furan rings is 1. The second kappa shape index (κ2) is 4.70. The molecule has 3 aromatic rings. The molecule has 100 valence electrons. The number of aromatic nitrogens is 1. The number of fused-ring (bicyclic) bond motifs is 1. The van der Waals surface area contributed by atoms with Crippen molar-refractivity contribution in [2.24, 2.45) is 0 Å². The zero-order chi connectivity index (χ0) is 14.1. The van der Waals surface area contributed by atoms with Crippen LogP contribution in [0.2, 0.25) is 0 Å². The van der Waals surface area contributed by atoms with Crippen molar-refractivity contribution in [3.05, 3.63) is 53.9 Å². The lowest BCUT2D eigenvalue weighted by molar-refractivity contribution is 0.0696. The molecule has 0 saturated heterocycles. The number of carbonyl (C=O) groups is 1. The van der Waals surface area contributed by atoms with E-state index in [1.807, 2.05) is 6.92 Å². The number of nitrogens with zero attached hydrogens (tertiary/aromatic N) is 1. The summed E-state index contributed by atoms with van der Waals surface area (Å²) in [5.74, 6) is -0.141. The van der Waals surface area contributed by atoms with Crippen LogP contribution in [0.5, 0.6) is 11.6 Å². The van der Waals surface area contributed by atoms with Gasteiger partial charge in [-0.3, -0.25) is 0 Å². The number of benzene rings is 1. The Morgan fingerprint density at radius 2 is 2.15 bits per heavy atom. The van der Waals surface area contributed by atoms with E-state index in [1.165, 1.54) is 12.1 Å². The molecule has 20 heavy (non-hydrogen) atoms. The number of rotatable bonds is 3. The molecule has 2 aromatic heterocycles. The minimum Gasteiger partial charge on any atom is -0.478 e. The molecule has 1 aromatic carbocycles. The highest BCUT2D eigenvalue weighted by Gasteiger charge is 2.11. The van der Waals surface area contributed by atoms with Crippen molar-refractivity contribution < 1.29 is 19.1 Å². The standard InChI is InChI=1S/C15H11NO4/c1-9-2-3-10(15(17)18)8-13(9)20-14-11-5-7-19-12(11)4-6-16-14/h2-8H,1H3,(H,17,18). The van der Waals surface area contributed by atoms with E-state index in [4.69, 9.17) is 14.3 Å². The van der Waals surface area contributed by atoms with Crippen LogP contribution in [0.15, 0.2) is 47.2 Å². The lowest BCUT2D eigenvalue weighted by Crippen LogP contribution is -1.98. The first-order chi connectivity index (χ1) is 9.65. The predicted molar refractivity (Wildman–Crippen MR) is 72.2 cm³/mol. The minimum atomic E-state index is -0.996. The SMILES string of the molecule is Cc1ccc(C(=O)O)cc1Oc1nccc2occc12. The number of carboxylic acid groups (broad SMARTS) is 1. The maximum absolute atomic E-state index is 11.0. The maximum atomic E-state index is 11.0. The fourth-order valence-corrected chi connectivity index (χ4v) is 1.90. The summed E-state index contributed by atoms with van der Waals surface area (Å²) in [6, 6.07) is 8.22. The average Bonchev–Trinajstić information content (AvgIpc) is 2.90. The van der Waals surface area contributed by atoms with E-state index < -0.39 is 5.97 Å². The largest absolute Gasteiger partial charge is 0.478 e. The lowest BCUT2D eigenvalue weighted by Gasteiger charge is -2.09. The van der Waals surface area contributed by atoms with Gasteiger partial charge < -0.3 is 14.3 Å². The third kappa shape index (κ3) is 2.09. The second-order valence-corrected chi connectivity index (χ2v) is 4.34. The molecule has 0 spiro atoms. The quantitative estimate of drug-likeness (QED) is 0.786. The molecule has 0 saturated carbocycles. The van der Waals surface area contributed by atoms with Crippen LogP contribution in [0.25, 0.3) is 11.0 Å². The second-order valence-electron chi connectivity index (χ2n) is 4.34. The van der Waals surface area contributed by atoms with E-state index in [9.17, 15) is 4.79 Å². The maximum Gasteiger partial charge on any atom is 0.335 e. The van der Waals surface area contributed by atoms with E-state index in [0.717, 1.165) is 10.9 Å². The minimum absolute atomic E-state index is 0.171. The molecule has 5 nitrogen and oxygen atoms in total. The summed E-state index contributed by atoms with van der Waals surface area (Å²) in [7, 11) is 0. The number of pyridine rings is 1. The Kier molecular flexibility index (Phi) is 2.87. The van der Waals surface area contributed by atoms with Gasteiger partial charge in [0.25, 0.3) is 0 Å². The third-order valence-electron chi connectivity index (χ3n) is 2.99. The number of hydrogen-bond donors (Lipinski definition) is 1. The monoisotopic (exact) mass is 269 g/mol. The molecule has 2 heterocycles. The van der Waals surface area contributed by atoms with Gasteiger partial charge in [0.1, 0.15) is 11.3 Å². The Bertz CT molecular complexity index is 791. The highest BCUT2D eigenvalue weighted by Crippen LogP contribution is 2.30. The number of hydrogen-bond acceptors (Lipinski definition) is 4. The molecule has 5 heteroatoms. The van der Waals surface area contributed by atoms with Gasteiger partial charge in [0.15, 0.2) is 0 Å². The van der Waals surface area contributed by atoms with E-state index >= 15 is 0 Å². The Balaban J connectivity index is 2.04. The van der Waals surface area contributed by atoms with Crippen molar-refractivity contribution in [2.75, 3.05) is 0 Å². The zero-order valence-electron chi connectivity index (χ0n) is 10.7. The van der Waals surface area contributed by atoms with E-state index in [2.05, 4.69) is 4.98 Å². The van der Waals surface area contributed by atoms with Crippen LogP contribution in [0.4, 0.5) is 0 Å². The van der Waals surface area contributed by atoms with Crippen LogP contribution in [-0.4, -0.2) is 16.1 Å². The molecule has 0 aliphatic heterocycles. The van der Waals surface area contributed by atoms with Gasteiger partial charge >= 0.3 is 5.97 Å². The van der Waals surface area contributed by atoms with Crippen LogP contribution >= 0.6 is 0 Å². The lowest BCUT2D eigenvalue weighted by atomic mass is 10.1. The third-order valence-corrected chi connectivity index (χ3v) is 2.99. The normalized spacial score (nSPS) is 10.7. The summed E-state index contributed by atoms with van der Waals surface area (Å²) in [6.45, 7) is 1.84. The van der Waals surface area contributed by atoms with Crippen molar-refractivity contribution in [1.82, 2.24) is 4.98 Å². The summed E-state index contributed by atoms with van der Waals surface area (Å²) in [5, 5.41) is 9.76. The highest BCUT2D eigenvalue weighted by molar-refractivity contribution is 5.88. The number of aryl methyl sites for hydroxylation is 1. The first kappa shape index (κ1) is 12.2. The van der Waals surface area contributed by atoms with Crippen LogP contribution in [0.1, 0.15) is 15.9 Å². The Hall–Kier alpha value is -2.82. The van der Waals surface area contributed by atoms with Crippen molar-refractivity contribution in [3.8, 4) is 11.6 Å². The van der Waals surface area contributed by atoms with Crippen LogP contribution in [0, 0.1) is 6.92 Å². The predicted octanol–water partition coefficient (Wildman–Crippen LogP) is 3.63. The van der Waals surface area contributed by atoms with Gasteiger partial charge in [-0.2, -0.15) is 0 Å². The average molecular weight is 269 g/mol. The van der Waals surface area contributed by atoms with Crippen molar-refractivity contribution in [1.29, 1.82) is 0 Å². The molecular formula is C15H11NO4. The van der Waals surface area contributed by atoms with E-state index in [-0.39, 0.29) is 5.56 Å². The van der Waals surface area contributed by atoms with E-state index in [1.54, 1.807) is 30.7 Å². The van der Waals surface area contributed by atoms with Crippen molar-refractivity contribution in [3.63, 3.8) is 0 Å². The number of aromatic carboxylic acids is 1. The molecular weight excluding hydrogens is 258 g/mol. The highest BCUT2D eigenvalue weighted by atomic mass is 16.5. The summed E-state index contributed by atoms with van der Waals surface area (Å²) >= 11 is 0. The van der Waals surface area contributed by atoms with Crippen LogP contribution in [0.3, 0.4) is 0 Å². The number of ether oxygens (including phenoxy) is 1. The zero-order valence-corrected chi connectivity index (χ0v) is 10.7. The molecule has 0 fully saturated rings. The first-order valence-electron chi connectivity index (χ1n) is 5.99. The molecule has 0 amide bonds. The Labute approximate surface area is 114 Å². The number of carboxylic acids is 1. The van der Waals surface area contributed by atoms with E-state index in [0.29, 0.717) is 17.2 Å².